The largest absolute Gasteiger partial charge is 0.330 e. The maximum atomic E-state index is 13.3. The van der Waals surface area contributed by atoms with Crippen molar-refractivity contribution in [1.82, 2.24) is 0 Å². The van der Waals surface area contributed by atoms with Crippen molar-refractivity contribution in [2.75, 3.05) is 11.9 Å². The number of hydrogen-bond acceptors (Lipinski definition) is 2. The van der Waals surface area contributed by atoms with Crippen molar-refractivity contribution in [1.29, 1.82) is 0 Å². The van der Waals surface area contributed by atoms with E-state index in [1.165, 1.54) is 0 Å². The van der Waals surface area contributed by atoms with Crippen LogP contribution in [0.5, 0.6) is 0 Å². The predicted octanol–water partition coefficient (Wildman–Crippen LogP) is 2.69. The van der Waals surface area contributed by atoms with Crippen LogP contribution >= 0.6 is 11.6 Å². The number of carbonyl (C=O) groups is 1. The number of amides is 1. The number of unbranched alkanes of at least 4 members (excludes halogenated alkanes) is 1. The lowest BCUT2D eigenvalue weighted by Gasteiger charge is -2.08. The second-order valence-electron chi connectivity index (χ2n) is 3.54. The molecule has 0 radical (unpaired) electrons. The fourth-order valence-electron chi connectivity index (χ4n) is 1.29. The molecule has 1 rings (SSSR count). The van der Waals surface area contributed by atoms with Crippen molar-refractivity contribution in [3.8, 4) is 0 Å². The highest BCUT2D eigenvalue weighted by atomic mass is 35.5. The summed E-state index contributed by atoms with van der Waals surface area (Å²) in [6.07, 6.45) is 1.56. The zero-order chi connectivity index (χ0) is 12.8. The number of nitrogens with two attached hydrogens (primary N) is 1. The molecule has 0 aromatic heterocycles. The Bertz CT molecular complexity index is 389. The van der Waals surface area contributed by atoms with E-state index in [9.17, 15) is 13.6 Å². The van der Waals surface area contributed by atoms with E-state index in [1.807, 2.05) is 0 Å². The Morgan fingerprint density at radius 1 is 1.35 bits per heavy atom. The number of nitrogens with one attached hydrogen (secondary N) is 1. The molecule has 0 unspecified atom stereocenters. The molecule has 0 bridgehead atoms. The molecule has 0 saturated carbocycles. The summed E-state index contributed by atoms with van der Waals surface area (Å²) in [5, 5.41) is 2.15. The molecule has 1 aromatic rings. The van der Waals surface area contributed by atoms with Crippen LogP contribution in [0.3, 0.4) is 0 Å². The number of halogens is 3. The molecule has 94 valence electrons. The summed E-state index contributed by atoms with van der Waals surface area (Å²) in [5.74, 6) is -2.04. The van der Waals surface area contributed by atoms with Gasteiger partial charge in [0.25, 0.3) is 0 Å². The number of rotatable bonds is 5. The van der Waals surface area contributed by atoms with E-state index in [0.29, 0.717) is 25.5 Å². The maximum Gasteiger partial charge on any atom is 0.224 e. The minimum atomic E-state index is -0.887. The van der Waals surface area contributed by atoms with Crippen molar-refractivity contribution in [3.63, 3.8) is 0 Å². The second-order valence-corrected chi connectivity index (χ2v) is 3.95. The van der Waals surface area contributed by atoms with E-state index < -0.39 is 11.6 Å². The topological polar surface area (TPSA) is 55.1 Å². The van der Waals surface area contributed by atoms with Crippen LogP contribution in [0.15, 0.2) is 12.1 Å². The van der Waals surface area contributed by atoms with Gasteiger partial charge in [-0.1, -0.05) is 11.6 Å². The number of anilines is 1. The van der Waals surface area contributed by atoms with Gasteiger partial charge in [0.1, 0.15) is 5.82 Å². The molecular weight excluding hydrogens is 250 g/mol. The van der Waals surface area contributed by atoms with Gasteiger partial charge in [0.15, 0.2) is 5.82 Å². The quantitative estimate of drug-likeness (QED) is 0.802. The number of carbonyl (C=O) groups excluding carboxylic acids is 1. The molecule has 0 heterocycles. The van der Waals surface area contributed by atoms with Gasteiger partial charge in [0.2, 0.25) is 5.91 Å². The van der Waals surface area contributed by atoms with Gasteiger partial charge >= 0.3 is 0 Å². The average molecular weight is 263 g/mol. The smallest absolute Gasteiger partial charge is 0.224 e. The van der Waals surface area contributed by atoms with Gasteiger partial charge in [-0.15, -0.1) is 0 Å². The van der Waals surface area contributed by atoms with Crippen LogP contribution in [0.2, 0.25) is 5.02 Å². The van der Waals surface area contributed by atoms with Crippen LogP contribution in [0.1, 0.15) is 19.3 Å². The predicted molar refractivity (Wildman–Crippen MR) is 62.9 cm³/mol. The van der Waals surface area contributed by atoms with Crippen LogP contribution in [-0.4, -0.2) is 12.5 Å². The Balaban J connectivity index is 2.65. The Morgan fingerprint density at radius 2 is 2.06 bits per heavy atom. The number of hydrogen-bond donors (Lipinski definition) is 2. The summed E-state index contributed by atoms with van der Waals surface area (Å²) in [5.41, 5.74) is 5.09. The Labute approximate surface area is 103 Å². The van der Waals surface area contributed by atoms with Gasteiger partial charge < -0.3 is 11.1 Å². The molecule has 0 saturated heterocycles. The molecule has 0 aliphatic carbocycles. The monoisotopic (exact) mass is 262 g/mol. The average Bonchev–Trinajstić information content (AvgIpc) is 2.24. The van der Waals surface area contributed by atoms with Crippen LogP contribution in [-0.2, 0) is 4.79 Å². The maximum absolute atomic E-state index is 13.3. The summed E-state index contributed by atoms with van der Waals surface area (Å²) in [6.45, 7) is 0.499. The van der Waals surface area contributed by atoms with Crippen molar-refractivity contribution >= 4 is 23.2 Å². The normalized spacial score (nSPS) is 10.4. The Morgan fingerprint density at radius 3 is 2.65 bits per heavy atom. The first kappa shape index (κ1) is 13.9. The minimum Gasteiger partial charge on any atom is -0.330 e. The van der Waals surface area contributed by atoms with E-state index in [4.69, 9.17) is 17.3 Å². The van der Waals surface area contributed by atoms with Crippen LogP contribution < -0.4 is 11.1 Å². The molecule has 3 N–H and O–H groups in total. The van der Waals surface area contributed by atoms with E-state index in [1.54, 1.807) is 0 Å². The highest BCUT2D eigenvalue weighted by Crippen LogP contribution is 2.26. The zero-order valence-corrected chi connectivity index (χ0v) is 9.86. The second kappa shape index (κ2) is 6.51. The van der Waals surface area contributed by atoms with E-state index in [0.717, 1.165) is 6.07 Å². The Hall–Kier alpha value is -1.20. The summed E-state index contributed by atoms with van der Waals surface area (Å²) < 4.78 is 26.0. The summed E-state index contributed by atoms with van der Waals surface area (Å²) >= 11 is 5.63. The molecule has 0 fully saturated rings. The summed E-state index contributed by atoms with van der Waals surface area (Å²) in [6, 6.07) is 1.61. The van der Waals surface area contributed by atoms with Gasteiger partial charge in [-0.05, 0) is 25.5 Å². The molecule has 0 aliphatic rings. The molecule has 6 heteroatoms. The molecule has 0 atom stereocenters. The lowest BCUT2D eigenvalue weighted by Crippen LogP contribution is -2.13. The van der Waals surface area contributed by atoms with E-state index in [2.05, 4.69) is 5.32 Å². The summed E-state index contributed by atoms with van der Waals surface area (Å²) in [4.78, 5) is 11.4. The van der Waals surface area contributed by atoms with E-state index in [-0.39, 0.29) is 23.0 Å². The van der Waals surface area contributed by atoms with Gasteiger partial charge in [-0.25, -0.2) is 8.78 Å². The highest BCUT2D eigenvalue weighted by molar-refractivity contribution is 6.33. The lowest BCUT2D eigenvalue weighted by molar-refractivity contribution is -0.116. The standard InChI is InChI=1S/C11H13ClF2N2O/c12-8-5-7(13)6-9(14)11(8)16-10(17)3-1-2-4-15/h5-6H,1-4,15H2,(H,16,17). The third kappa shape index (κ3) is 4.28. The first-order chi connectivity index (χ1) is 8.04. The SMILES string of the molecule is NCCCCC(=O)Nc1c(F)cc(F)cc1Cl. The molecule has 17 heavy (non-hydrogen) atoms. The molecular formula is C11H13ClF2N2O. The first-order valence-electron chi connectivity index (χ1n) is 5.19. The van der Waals surface area contributed by atoms with Gasteiger partial charge in [-0.2, -0.15) is 0 Å². The molecule has 1 aromatic carbocycles. The van der Waals surface area contributed by atoms with Gasteiger partial charge in [0, 0.05) is 12.5 Å². The van der Waals surface area contributed by atoms with Crippen molar-refractivity contribution < 1.29 is 13.6 Å². The van der Waals surface area contributed by atoms with Crippen LogP contribution in [0.25, 0.3) is 0 Å². The van der Waals surface area contributed by atoms with Crippen LogP contribution in [0, 0.1) is 11.6 Å². The molecule has 0 spiro atoms. The van der Waals surface area contributed by atoms with Gasteiger partial charge in [0.05, 0.1) is 10.7 Å². The summed E-state index contributed by atoms with van der Waals surface area (Å²) in [7, 11) is 0. The molecule has 0 aliphatic heterocycles. The lowest BCUT2D eigenvalue weighted by atomic mass is 10.2. The first-order valence-corrected chi connectivity index (χ1v) is 5.57. The zero-order valence-electron chi connectivity index (χ0n) is 9.10. The third-order valence-corrected chi connectivity index (χ3v) is 2.43. The van der Waals surface area contributed by atoms with Crippen molar-refractivity contribution in [2.24, 2.45) is 5.73 Å². The number of benzene rings is 1. The highest BCUT2D eigenvalue weighted by Gasteiger charge is 2.12. The molecule has 1 amide bonds. The fourth-order valence-corrected chi connectivity index (χ4v) is 1.54. The van der Waals surface area contributed by atoms with Crippen molar-refractivity contribution in [3.05, 3.63) is 28.8 Å². The molecule has 3 nitrogen and oxygen atoms in total. The van der Waals surface area contributed by atoms with Crippen molar-refractivity contribution in [2.45, 2.75) is 19.3 Å². The fraction of sp³-hybridized carbons (Fsp3) is 0.364. The third-order valence-electron chi connectivity index (χ3n) is 2.13. The van der Waals surface area contributed by atoms with E-state index >= 15 is 0 Å². The minimum absolute atomic E-state index is 0.158. The van der Waals surface area contributed by atoms with Crippen LogP contribution in [0.4, 0.5) is 14.5 Å². The van der Waals surface area contributed by atoms with Gasteiger partial charge in [-0.3, -0.25) is 4.79 Å². The Kier molecular flexibility index (Phi) is 5.31.